The van der Waals surface area contributed by atoms with Crippen molar-refractivity contribution in [3.8, 4) is 11.4 Å². The van der Waals surface area contributed by atoms with Crippen LogP contribution >= 0.6 is 0 Å². The number of anilines is 2. The monoisotopic (exact) mass is 442 g/mol. The summed E-state index contributed by atoms with van der Waals surface area (Å²) in [5.41, 5.74) is 4.00. The van der Waals surface area contributed by atoms with Crippen LogP contribution in [0.4, 0.5) is 11.8 Å². The summed E-state index contributed by atoms with van der Waals surface area (Å²) in [4.78, 5) is 36.5. The highest BCUT2D eigenvalue weighted by Crippen LogP contribution is 2.31. The number of hydrogen-bond donors (Lipinski definition) is 3. The molecule has 1 aromatic carbocycles. The van der Waals surface area contributed by atoms with Gasteiger partial charge in [0.15, 0.2) is 0 Å². The van der Waals surface area contributed by atoms with Gasteiger partial charge in [0.05, 0.1) is 11.0 Å². The summed E-state index contributed by atoms with van der Waals surface area (Å²) in [6, 6.07) is 10.1. The maximum atomic E-state index is 12.3. The maximum Gasteiger partial charge on any atom is 0.225 e. The summed E-state index contributed by atoms with van der Waals surface area (Å²) in [7, 11) is 0. The highest BCUT2D eigenvalue weighted by molar-refractivity contribution is 5.83. The van der Waals surface area contributed by atoms with Crippen molar-refractivity contribution < 1.29 is 4.79 Å². The van der Waals surface area contributed by atoms with Gasteiger partial charge in [-0.2, -0.15) is 0 Å². The minimum absolute atomic E-state index is 0.306. The first-order chi connectivity index (χ1) is 16.2. The highest BCUT2D eigenvalue weighted by Gasteiger charge is 2.34. The number of carbonyl (C=O) groups excluding carboxylic acids is 1. The molecular weight excluding hydrogens is 416 g/mol. The number of rotatable bonds is 6. The molecule has 4 heterocycles. The number of hydrogen-bond acceptors (Lipinski definition) is 6. The van der Waals surface area contributed by atoms with Gasteiger partial charge in [-0.05, 0) is 48.7 Å². The lowest BCUT2D eigenvalue weighted by atomic mass is 10.2. The van der Waals surface area contributed by atoms with E-state index in [-0.39, 0.29) is 0 Å². The zero-order valence-electron chi connectivity index (χ0n) is 18.3. The molecule has 9 nitrogen and oxygen atoms in total. The normalized spacial score (nSPS) is 16.9. The summed E-state index contributed by atoms with van der Waals surface area (Å²) in [6.07, 6.45) is 7.52. The van der Waals surface area contributed by atoms with Crippen molar-refractivity contribution >= 4 is 28.7 Å². The third-order valence-electron chi connectivity index (χ3n) is 6.34. The van der Waals surface area contributed by atoms with Gasteiger partial charge in [0.1, 0.15) is 11.6 Å². The van der Waals surface area contributed by atoms with Crippen LogP contribution in [0.2, 0.25) is 0 Å². The number of nitrogens with one attached hydrogen (secondary N) is 3. The lowest BCUT2D eigenvalue weighted by molar-refractivity contribution is -0.134. The van der Waals surface area contributed by atoms with Gasteiger partial charge in [-0.15, -0.1) is 0 Å². The second-order valence-corrected chi connectivity index (χ2v) is 8.81. The van der Waals surface area contributed by atoms with E-state index in [0.29, 0.717) is 17.8 Å². The number of piperazine rings is 1. The average Bonchev–Trinajstić information content (AvgIpc) is 3.38. The first-order valence-corrected chi connectivity index (χ1v) is 11.4. The van der Waals surface area contributed by atoms with E-state index in [0.717, 1.165) is 73.8 Å². The highest BCUT2D eigenvalue weighted by atomic mass is 16.2. The van der Waals surface area contributed by atoms with Crippen molar-refractivity contribution in [3.05, 3.63) is 54.5 Å². The molecule has 0 bridgehead atoms. The molecule has 1 aliphatic heterocycles. The zero-order chi connectivity index (χ0) is 22.2. The van der Waals surface area contributed by atoms with Gasteiger partial charge in [0.2, 0.25) is 11.9 Å². The van der Waals surface area contributed by atoms with Gasteiger partial charge in [0, 0.05) is 62.8 Å². The summed E-state index contributed by atoms with van der Waals surface area (Å²) in [5.74, 6) is 2.89. The van der Waals surface area contributed by atoms with Gasteiger partial charge in [-0.25, -0.2) is 15.0 Å². The summed E-state index contributed by atoms with van der Waals surface area (Å²) >= 11 is 0. The van der Waals surface area contributed by atoms with E-state index in [4.69, 9.17) is 0 Å². The Labute approximate surface area is 191 Å². The van der Waals surface area contributed by atoms with Crippen LogP contribution < -0.4 is 5.32 Å². The molecule has 9 heteroatoms. The number of nitrogens with zero attached hydrogens (tertiary/aromatic N) is 5. The number of H-pyrrole nitrogens is 2. The van der Waals surface area contributed by atoms with Crippen LogP contribution in [0.25, 0.3) is 22.4 Å². The first-order valence-electron chi connectivity index (χ1n) is 11.4. The number of carbonyl (C=O) groups is 1. The second kappa shape index (κ2) is 8.32. The van der Waals surface area contributed by atoms with Crippen LogP contribution in [-0.2, 0) is 11.3 Å². The van der Waals surface area contributed by atoms with Crippen molar-refractivity contribution in [1.29, 1.82) is 0 Å². The number of imidazole rings is 2. The van der Waals surface area contributed by atoms with Gasteiger partial charge in [-0.3, -0.25) is 9.69 Å². The molecule has 33 heavy (non-hydrogen) atoms. The number of amides is 1. The van der Waals surface area contributed by atoms with Crippen molar-refractivity contribution in [2.75, 3.05) is 31.5 Å². The molecule has 2 fully saturated rings. The fourth-order valence-electron chi connectivity index (χ4n) is 4.37. The molecule has 2 aliphatic rings. The van der Waals surface area contributed by atoms with Crippen molar-refractivity contribution in [1.82, 2.24) is 34.7 Å². The molecule has 1 amide bonds. The van der Waals surface area contributed by atoms with Crippen LogP contribution in [0.3, 0.4) is 0 Å². The molecule has 6 rings (SSSR count). The molecule has 1 saturated heterocycles. The van der Waals surface area contributed by atoms with Crippen LogP contribution in [-0.4, -0.2) is 66.8 Å². The number of aromatic nitrogens is 5. The Hall–Kier alpha value is -3.72. The summed E-state index contributed by atoms with van der Waals surface area (Å²) in [6.45, 7) is 4.31. The Balaban J connectivity index is 1.10. The van der Waals surface area contributed by atoms with Crippen molar-refractivity contribution in [2.45, 2.75) is 19.4 Å². The van der Waals surface area contributed by atoms with Gasteiger partial charge < -0.3 is 20.2 Å². The molecule has 168 valence electrons. The molecule has 0 radical (unpaired) electrons. The molecular formula is C24H26N8O. The number of benzene rings is 1. The molecule has 3 N–H and O–H groups in total. The van der Waals surface area contributed by atoms with E-state index < -0.39 is 0 Å². The van der Waals surface area contributed by atoms with Crippen molar-refractivity contribution in [3.63, 3.8) is 0 Å². The van der Waals surface area contributed by atoms with E-state index in [9.17, 15) is 4.79 Å². The van der Waals surface area contributed by atoms with Crippen LogP contribution in [0.5, 0.6) is 0 Å². The molecule has 0 spiro atoms. The molecule has 0 atom stereocenters. The number of aromatic amines is 2. The summed E-state index contributed by atoms with van der Waals surface area (Å²) < 4.78 is 0. The summed E-state index contributed by atoms with van der Waals surface area (Å²) in [5, 5.41) is 3.29. The molecule has 1 saturated carbocycles. The minimum atomic E-state index is 0.306. The number of fused-ring (bicyclic) bond motifs is 1. The quantitative estimate of drug-likeness (QED) is 0.424. The SMILES string of the molecule is O=C(C1CC1)N1CCN(Cc2ccnc(Nc3nc4ccc(-c5ncc[nH]5)cc4[nH]3)c2)CC1. The topological polar surface area (TPSA) is 106 Å². The lowest BCUT2D eigenvalue weighted by Crippen LogP contribution is -2.48. The molecule has 3 aromatic heterocycles. The largest absolute Gasteiger partial charge is 0.345 e. The van der Waals surface area contributed by atoms with E-state index in [1.165, 1.54) is 5.56 Å². The Bertz CT molecular complexity index is 1270. The van der Waals surface area contributed by atoms with E-state index in [2.05, 4.69) is 41.2 Å². The fourth-order valence-corrected chi connectivity index (χ4v) is 4.37. The van der Waals surface area contributed by atoms with Crippen LogP contribution in [0, 0.1) is 5.92 Å². The fraction of sp³-hybridized carbons (Fsp3) is 0.333. The Kier molecular flexibility index (Phi) is 5.03. The van der Waals surface area contributed by atoms with Crippen molar-refractivity contribution in [2.24, 2.45) is 5.92 Å². The minimum Gasteiger partial charge on any atom is -0.345 e. The molecule has 0 unspecified atom stereocenters. The molecule has 1 aliphatic carbocycles. The first kappa shape index (κ1) is 19.9. The van der Waals surface area contributed by atoms with Crippen LogP contribution in [0.15, 0.2) is 48.9 Å². The third kappa shape index (κ3) is 4.31. The van der Waals surface area contributed by atoms with E-state index in [1.807, 2.05) is 41.6 Å². The van der Waals surface area contributed by atoms with Gasteiger partial charge in [-0.1, -0.05) is 0 Å². The Morgan fingerprint density at radius 2 is 1.94 bits per heavy atom. The Morgan fingerprint density at radius 3 is 2.73 bits per heavy atom. The maximum absolute atomic E-state index is 12.3. The number of pyridine rings is 1. The van der Waals surface area contributed by atoms with E-state index >= 15 is 0 Å². The van der Waals surface area contributed by atoms with Gasteiger partial charge in [0.25, 0.3) is 0 Å². The standard InChI is InChI=1S/C24H26N8O/c33-23(17-1-2-17)32-11-9-31(10-12-32)15-16-5-6-25-21(13-16)30-24-28-19-4-3-18(14-20(19)29-24)22-26-7-8-27-22/h3-8,13-14,17H,1-2,9-12,15H2,(H,26,27)(H2,25,28,29,30). The van der Waals surface area contributed by atoms with E-state index in [1.54, 1.807) is 6.20 Å². The smallest absolute Gasteiger partial charge is 0.225 e. The molecule has 4 aromatic rings. The Morgan fingerprint density at radius 1 is 1.06 bits per heavy atom. The predicted molar refractivity (Wildman–Crippen MR) is 126 cm³/mol. The predicted octanol–water partition coefficient (Wildman–Crippen LogP) is 3.15. The lowest BCUT2D eigenvalue weighted by Gasteiger charge is -2.34. The second-order valence-electron chi connectivity index (χ2n) is 8.81. The third-order valence-corrected chi connectivity index (χ3v) is 6.34. The zero-order valence-corrected chi connectivity index (χ0v) is 18.3. The van der Waals surface area contributed by atoms with Crippen LogP contribution in [0.1, 0.15) is 18.4 Å². The van der Waals surface area contributed by atoms with Gasteiger partial charge >= 0.3 is 0 Å². The average molecular weight is 443 g/mol.